The first-order valence-corrected chi connectivity index (χ1v) is 10.6. The Balaban J connectivity index is 1.28. The number of nitrogens with one attached hydrogen (secondary N) is 1. The van der Waals surface area contributed by atoms with Crippen molar-refractivity contribution >= 4 is 23.4 Å². The summed E-state index contributed by atoms with van der Waals surface area (Å²) in [6.45, 7) is 3.32. The molecule has 3 aromatic rings. The molecule has 31 heavy (non-hydrogen) atoms. The van der Waals surface area contributed by atoms with Gasteiger partial charge >= 0.3 is 0 Å². The smallest absolute Gasteiger partial charge is 0.253 e. The highest BCUT2D eigenvalue weighted by molar-refractivity contribution is 6.30. The largest absolute Gasteiger partial charge is 0.352 e. The molecule has 0 unspecified atom stereocenters. The molecule has 1 aliphatic heterocycles. The van der Waals surface area contributed by atoms with Crippen molar-refractivity contribution < 1.29 is 14.1 Å². The number of benzene rings is 2. The van der Waals surface area contributed by atoms with Crippen LogP contribution in [0.3, 0.4) is 0 Å². The van der Waals surface area contributed by atoms with Crippen LogP contribution in [-0.4, -0.2) is 39.9 Å². The molecule has 2 heterocycles. The first kappa shape index (κ1) is 21.1. The maximum atomic E-state index is 12.8. The predicted octanol–water partition coefficient (Wildman–Crippen LogP) is 3.87. The van der Waals surface area contributed by atoms with Gasteiger partial charge in [0.1, 0.15) is 0 Å². The SMILES string of the molecule is Cc1nc(-c2ccc(C(=O)N3CCC(C(=O)NCc4ccc(Cl)cc4)CC3)cc2)no1. The molecule has 1 aromatic heterocycles. The van der Waals surface area contributed by atoms with Crippen molar-refractivity contribution in [3.63, 3.8) is 0 Å². The zero-order valence-corrected chi connectivity index (χ0v) is 17.9. The van der Waals surface area contributed by atoms with Crippen LogP contribution in [0.4, 0.5) is 0 Å². The average molecular weight is 439 g/mol. The highest BCUT2D eigenvalue weighted by Crippen LogP contribution is 2.21. The highest BCUT2D eigenvalue weighted by Gasteiger charge is 2.27. The van der Waals surface area contributed by atoms with Gasteiger partial charge in [0.25, 0.3) is 5.91 Å². The summed E-state index contributed by atoms with van der Waals surface area (Å²) in [7, 11) is 0. The number of carbonyl (C=O) groups excluding carboxylic acids is 2. The minimum Gasteiger partial charge on any atom is -0.352 e. The molecule has 8 heteroatoms. The summed E-state index contributed by atoms with van der Waals surface area (Å²) >= 11 is 5.89. The summed E-state index contributed by atoms with van der Waals surface area (Å²) in [5, 5.41) is 7.54. The topological polar surface area (TPSA) is 88.3 Å². The number of aryl methyl sites for hydroxylation is 1. The Morgan fingerprint density at radius 3 is 2.39 bits per heavy atom. The number of halogens is 1. The molecule has 0 radical (unpaired) electrons. The van der Waals surface area contributed by atoms with Crippen LogP contribution in [0.2, 0.25) is 5.02 Å². The van der Waals surface area contributed by atoms with E-state index >= 15 is 0 Å². The third kappa shape index (κ3) is 5.11. The number of piperidine rings is 1. The van der Waals surface area contributed by atoms with Crippen molar-refractivity contribution in [2.75, 3.05) is 13.1 Å². The fourth-order valence-electron chi connectivity index (χ4n) is 3.64. The highest BCUT2D eigenvalue weighted by atomic mass is 35.5. The van der Waals surface area contributed by atoms with Crippen LogP contribution in [0, 0.1) is 12.8 Å². The summed E-state index contributed by atoms with van der Waals surface area (Å²) in [4.78, 5) is 31.3. The molecule has 1 aliphatic rings. The molecule has 2 aromatic carbocycles. The number of aromatic nitrogens is 2. The Morgan fingerprint density at radius 2 is 1.77 bits per heavy atom. The lowest BCUT2D eigenvalue weighted by Crippen LogP contribution is -2.42. The lowest BCUT2D eigenvalue weighted by atomic mass is 9.95. The van der Waals surface area contributed by atoms with Crippen LogP contribution in [0.15, 0.2) is 53.1 Å². The zero-order chi connectivity index (χ0) is 21.8. The molecule has 7 nitrogen and oxygen atoms in total. The molecule has 0 atom stereocenters. The van der Waals surface area contributed by atoms with Gasteiger partial charge in [0.15, 0.2) is 0 Å². The van der Waals surface area contributed by atoms with Crippen LogP contribution in [0.5, 0.6) is 0 Å². The van der Waals surface area contributed by atoms with Crippen molar-refractivity contribution in [3.05, 3.63) is 70.6 Å². The average Bonchev–Trinajstić information content (AvgIpc) is 3.24. The van der Waals surface area contributed by atoms with Gasteiger partial charge in [-0.3, -0.25) is 9.59 Å². The number of likely N-dealkylation sites (tertiary alicyclic amines) is 1. The molecule has 0 spiro atoms. The standard InChI is InChI=1S/C23H23ClN4O3/c1-15-26-21(27-31-15)17-4-6-19(7-5-17)23(30)28-12-10-18(11-13-28)22(29)25-14-16-2-8-20(24)9-3-16/h2-9,18H,10-14H2,1H3,(H,25,29). The van der Waals surface area contributed by atoms with Gasteiger partial charge in [-0.1, -0.05) is 41.0 Å². The molecule has 0 bridgehead atoms. The van der Waals surface area contributed by atoms with E-state index in [1.165, 1.54) is 0 Å². The number of rotatable bonds is 5. The van der Waals surface area contributed by atoms with Crippen LogP contribution in [-0.2, 0) is 11.3 Å². The van der Waals surface area contributed by atoms with Gasteiger partial charge in [-0.15, -0.1) is 0 Å². The quantitative estimate of drug-likeness (QED) is 0.653. The molecule has 1 fully saturated rings. The Bertz CT molecular complexity index is 1060. The molecular weight excluding hydrogens is 416 g/mol. The minimum atomic E-state index is -0.0831. The van der Waals surface area contributed by atoms with E-state index in [2.05, 4.69) is 15.5 Å². The number of nitrogens with zero attached hydrogens (tertiary/aromatic N) is 3. The maximum absolute atomic E-state index is 12.8. The van der Waals surface area contributed by atoms with E-state index in [9.17, 15) is 9.59 Å². The van der Waals surface area contributed by atoms with Crippen molar-refractivity contribution in [2.45, 2.75) is 26.3 Å². The second-order valence-electron chi connectivity index (χ2n) is 7.63. The van der Waals surface area contributed by atoms with Crippen LogP contribution >= 0.6 is 11.6 Å². The second-order valence-corrected chi connectivity index (χ2v) is 8.06. The third-order valence-electron chi connectivity index (χ3n) is 5.45. The van der Waals surface area contributed by atoms with Gasteiger partial charge in [0, 0.05) is 48.6 Å². The fourth-order valence-corrected chi connectivity index (χ4v) is 3.77. The molecule has 0 saturated carbocycles. The Hall–Kier alpha value is -3.19. The summed E-state index contributed by atoms with van der Waals surface area (Å²) in [6.07, 6.45) is 1.30. The van der Waals surface area contributed by atoms with Crippen LogP contribution in [0.1, 0.15) is 34.7 Å². The predicted molar refractivity (Wildman–Crippen MR) is 116 cm³/mol. The number of hydrogen-bond acceptors (Lipinski definition) is 5. The molecular formula is C23H23ClN4O3. The normalized spacial score (nSPS) is 14.5. The second kappa shape index (κ2) is 9.31. The number of amides is 2. The maximum Gasteiger partial charge on any atom is 0.253 e. The minimum absolute atomic E-state index is 0.0295. The van der Waals surface area contributed by atoms with E-state index in [4.69, 9.17) is 16.1 Å². The van der Waals surface area contributed by atoms with Crippen molar-refractivity contribution in [1.29, 1.82) is 0 Å². The Labute approximate surface area is 185 Å². The van der Waals surface area contributed by atoms with Crippen molar-refractivity contribution in [2.24, 2.45) is 5.92 Å². The third-order valence-corrected chi connectivity index (χ3v) is 5.70. The molecule has 4 rings (SSSR count). The van der Waals surface area contributed by atoms with E-state index < -0.39 is 0 Å². The Morgan fingerprint density at radius 1 is 1.10 bits per heavy atom. The first-order chi connectivity index (χ1) is 15.0. The van der Waals surface area contributed by atoms with Gasteiger partial charge in [-0.2, -0.15) is 4.98 Å². The molecule has 1 N–H and O–H groups in total. The van der Waals surface area contributed by atoms with Gasteiger partial charge in [0.05, 0.1) is 0 Å². The molecule has 1 saturated heterocycles. The molecule has 0 aliphatic carbocycles. The van der Waals surface area contributed by atoms with Gasteiger partial charge < -0.3 is 14.7 Å². The van der Waals surface area contributed by atoms with Crippen molar-refractivity contribution in [3.8, 4) is 11.4 Å². The summed E-state index contributed by atoms with van der Waals surface area (Å²) in [5.41, 5.74) is 2.41. The number of hydrogen-bond donors (Lipinski definition) is 1. The van der Waals surface area contributed by atoms with E-state index in [1.54, 1.807) is 24.0 Å². The van der Waals surface area contributed by atoms with Crippen LogP contribution < -0.4 is 5.32 Å². The zero-order valence-electron chi connectivity index (χ0n) is 17.2. The van der Waals surface area contributed by atoms with E-state index in [-0.39, 0.29) is 17.7 Å². The monoisotopic (exact) mass is 438 g/mol. The van der Waals surface area contributed by atoms with Crippen molar-refractivity contribution in [1.82, 2.24) is 20.4 Å². The van der Waals surface area contributed by atoms with Gasteiger partial charge in [0.2, 0.25) is 17.6 Å². The van der Waals surface area contributed by atoms with Gasteiger partial charge in [-0.05, 0) is 42.7 Å². The summed E-state index contributed by atoms with van der Waals surface area (Å²) in [6, 6.07) is 14.6. The number of carbonyl (C=O) groups is 2. The van der Waals surface area contributed by atoms with Crippen LogP contribution in [0.25, 0.3) is 11.4 Å². The lowest BCUT2D eigenvalue weighted by Gasteiger charge is -2.31. The van der Waals surface area contributed by atoms with E-state index in [1.807, 2.05) is 36.4 Å². The summed E-state index contributed by atoms with van der Waals surface area (Å²) < 4.78 is 4.99. The Kier molecular flexibility index (Phi) is 6.32. The lowest BCUT2D eigenvalue weighted by molar-refractivity contribution is -0.126. The summed E-state index contributed by atoms with van der Waals surface area (Å²) in [5.74, 6) is 0.912. The molecule has 160 valence electrons. The molecule has 2 amide bonds. The fraction of sp³-hybridized carbons (Fsp3) is 0.304. The first-order valence-electron chi connectivity index (χ1n) is 10.2. The van der Waals surface area contributed by atoms with E-state index in [0.29, 0.717) is 54.8 Å². The van der Waals surface area contributed by atoms with Gasteiger partial charge in [-0.25, -0.2) is 0 Å². The van der Waals surface area contributed by atoms with E-state index in [0.717, 1.165) is 11.1 Å².